The first-order valence-electron chi connectivity index (χ1n) is 3.75. The summed E-state index contributed by atoms with van der Waals surface area (Å²) >= 11 is 5.83. The lowest BCUT2D eigenvalue weighted by Crippen LogP contribution is -1.99. The summed E-state index contributed by atoms with van der Waals surface area (Å²) in [4.78, 5) is 10.5. The molecule has 0 aliphatic rings. The number of aromatic nitrogens is 2. The van der Waals surface area contributed by atoms with E-state index in [-0.39, 0.29) is 0 Å². The Balaban J connectivity index is 2.98. The van der Waals surface area contributed by atoms with E-state index < -0.39 is 0 Å². The molecule has 13 heavy (non-hydrogen) atoms. The summed E-state index contributed by atoms with van der Waals surface area (Å²) in [7, 11) is 0. The number of carbonyl (C=O) groups excluding carboxylic acids is 1. The minimum Gasteiger partial charge on any atom is -0.298 e. The molecule has 0 N–H and O–H groups in total. The van der Waals surface area contributed by atoms with Gasteiger partial charge in [-0.25, -0.2) is 0 Å². The summed E-state index contributed by atoms with van der Waals surface area (Å²) in [6.07, 6.45) is 1.01. The Hall–Kier alpha value is -1.34. The number of aryl methyl sites for hydroxylation is 2. The Morgan fingerprint density at radius 2 is 2.46 bits per heavy atom. The average molecular weight is 198 g/mol. The maximum atomic E-state index is 10.5. The number of halogens is 1. The first-order chi connectivity index (χ1) is 6.20. The maximum Gasteiger partial charge on any atom is 0.155 e. The third kappa shape index (κ3) is 1.87. The van der Waals surface area contributed by atoms with E-state index in [1.807, 2.05) is 6.07 Å². The molecule has 4 nitrogen and oxygen atoms in total. The normalized spacial score (nSPS) is 9.62. The van der Waals surface area contributed by atoms with Crippen LogP contribution in [0.25, 0.3) is 0 Å². The van der Waals surface area contributed by atoms with Crippen LogP contribution in [0, 0.1) is 18.3 Å². The Kier molecular flexibility index (Phi) is 3.04. The number of aldehydes is 1. The first kappa shape index (κ1) is 9.75. The highest BCUT2D eigenvalue weighted by molar-refractivity contribution is 6.32. The van der Waals surface area contributed by atoms with Crippen molar-refractivity contribution in [1.29, 1.82) is 5.26 Å². The highest BCUT2D eigenvalue weighted by atomic mass is 35.5. The molecule has 1 aromatic rings. The maximum absolute atomic E-state index is 10.5. The topological polar surface area (TPSA) is 58.7 Å². The number of carbonyl (C=O) groups is 1. The van der Waals surface area contributed by atoms with Crippen molar-refractivity contribution in [2.24, 2.45) is 0 Å². The molecule has 1 aromatic heterocycles. The fraction of sp³-hybridized carbons (Fsp3) is 0.375. The van der Waals surface area contributed by atoms with Crippen LogP contribution in [0.5, 0.6) is 0 Å². The number of hydrogen-bond acceptors (Lipinski definition) is 3. The predicted octanol–water partition coefficient (Wildman–Crippen LogP) is 1.57. The van der Waals surface area contributed by atoms with Crippen molar-refractivity contribution in [2.75, 3.05) is 0 Å². The molecule has 0 fully saturated rings. The number of hydrogen-bond donors (Lipinski definition) is 0. The van der Waals surface area contributed by atoms with Crippen molar-refractivity contribution in [3.8, 4) is 6.07 Å². The van der Waals surface area contributed by atoms with Crippen LogP contribution in [0.4, 0.5) is 0 Å². The van der Waals surface area contributed by atoms with Gasteiger partial charge in [0.2, 0.25) is 0 Å². The van der Waals surface area contributed by atoms with Gasteiger partial charge in [0.1, 0.15) is 5.15 Å². The second kappa shape index (κ2) is 4.06. The van der Waals surface area contributed by atoms with E-state index in [4.69, 9.17) is 16.9 Å². The van der Waals surface area contributed by atoms with Crippen molar-refractivity contribution in [3.05, 3.63) is 16.4 Å². The van der Waals surface area contributed by atoms with Crippen molar-refractivity contribution in [2.45, 2.75) is 19.9 Å². The third-order valence-corrected chi connectivity index (χ3v) is 2.06. The SMILES string of the molecule is Cc1nn(CCC#N)c(Cl)c1C=O. The van der Waals surface area contributed by atoms with Gasteiger partial charge in [0.05, 0.1) is 30.3 Å². The number of rotatable bonds is 3. The summed E-state index contributed by atoms with van der Waals surface area (Å²) in [5.74, 6) is 0. The largest absolute Gasteiger partial charge is 0.298 e. The van der Waals surface area contributed by atoms with Gasteiger partial charge in [-0.2, -0.15) is 10.4 Å². The summed E-state index contributed by atoms with van der Waals surface area (Å²) in [5.41, 5.74) is 0.998. The van der Waals surface area contributed by atoms with E-state index in [2.05, 4.69) is 5.10 Å². The summed E-state index contributed by atoms with van der Waals surface area (Å²) in [5, 5.41) is 12.7. The zero-order valence-electron chi connectivity index (χ0n) is 7.12. The van der Waals surface area contributed by atoms with Gasteiger partial charge >= 0.3 is 0 Å². The Labute approximate surface area is 80.7 Å². The molecule has 0 atom stereocenters. The minimum atomic E-state index is 0.308. The van der Waals surface area contributed by atoms with Gasteiger partial charge in [-0.1, -0.05) is 11.6 Å². The molecule has 1 heterocycles. The van der Waals surface area contributed by atoms with E-state index in [1.54, 1.807) is 6.92 Å². The minimum absolute atomic E-state index is 0.308. The van der Waals surface area contributed by atoms with Crippen LogP contribution in [0.2, 0.25) is 5.15 Å². The number of nitrogens with zero attached hydrogens (tertiary/aromatic N) is 3. The molecule has 0 aliphatic heterocycles. The molecule has 1 rings (SSSR count). The molecule has 0 aromatic carbocycles. The van der Waals surface area contributed by atoms with E-state index >= 15 is 0 Å². The Bertz CT molecular complexity index is 364. The Morgan fingerprint density at radius 1 is 1.77 bits per heavy atom. The Morgan fingerprint density at radius 3 is 2.92 bits per heavy atom. The van der Waals surface area contributed by atoms with E-state index in [0.29, 0.717) is 35.7 Å². The predicted molar refractivity (Wildman–Crippen MR) is 47.6 cm³/mol. The van der Waals surface area contributed by atoms with Gasteiger partial charge in [0.25, 0.3) is 0 Å². The molecule has 0 bridgehead atoms. The molecular formula is C8H8ClN3O. The van der Waals surface area contributed by atoms with Crippen LogP contribution in [0.1, 0.15) is 22.5 Å². The third-order valence-electron chi connectivity index (χ3n) is 1.66. The summed E-state index contributed by atoms with van der Waals surface area (Å²) < 4.78 is 1.46. The van der Waals surface area contributed by atoms with Gasteiger partial charge in [0, 0.05) is 0 Å². The zero-order valence-corrected chi connectivity index (χ0v) is 7.88. The standard InChI is InChI=1S/C8H8ClN3O/c1-6-7(5-13)8(9)12(11-6)4-2-3-10/h5H,2,4H2,1H3. The van der Waals surface area contributed by atoms with Crippen LogP contribution in [-0.2, 0) is 6.54 Å². The van der Waals surface area contributed by atoms with Crippen LogP contribution in [-0.4, -0.2) is 16.1 Å². The monoisotopic (exact) mass is 197 g/mol. The van der Waals surface area contributed by atoms with E-state index in [1.165, 1.54) is 4.68 Å². The zero-order chi connectivity index (χ0) is 9.84. The van der Waals surface area contributed by atoms with Crippen molar-refractivity contribution >= 4 is 17.9 Å². The van der Waals surface area contributed by atoms with Gasteiger partial charge < -0.3 is 0 Å². The summed E-state index contributed by atoms with van der Waals surface area (Å²) in [6, 6.07) is 1.98. The fourth-order valence-electron chi connectivity index (χ4n) is 1.01. The molecular weight excluding hydrogens is 190 g/mol. The molecule has 0 aliphatic carbocycles. The molecule has 5 heteroatoms. The van der Waals surface area contributed by atoms with Crippen LogP contribution < -0.4 is 0 Å². The van der Waals surface area contributed by atoms with Crippen LogP contribution in [0.15, 0.2) is 0 Å². The first-order valence-corrected chi connectivity index (χ1v) is 4.13. The van der Waals surface area contributed by atoms with Gasteiger partial charge in [-0.3, -0.25) is 9.48 Å². The molecule has 0 amide bonds. The quantitative estimate of drug-likeness (QED) is 0.692. The molecule has 0 saturated heterocycles. The highest BCUT2D eigenvalue weighted by Crippen LogP contribution is 2.17. The van der Waals surface area contributed by atoms with E-state index in [0.717, 1.165) is 0 Å². The van der Waals surface area contributed by atoms with Gasteiger partial charge in [-0.15, -0.1) is 0 Å². The second-order valence-corrected chi connectivity index (χ2v) is 2.90. The molecule has 0 saturated carbocycles. The summed E-state index contributed by atoms with van der Waals surface area (Å²) in [6.45, 7) is 2.13. The second-order valence-electron chi connectivity index (χ2n) is 2.54. The van der Waals surface area contributed by atoms with Crippen LogP contribution in [0.3, 0.4) is 0 Å². The lowest BCUT2D eigenvalue weighted by molar-refractivity contribution is 0.112. The molecule has 68 valence electrons. The fourth-order valence-corrected chi connectivity index (χ4v) is 1.31. The molecule has 0 spiro atoms. The lowest BCUT2D eigenvalue weighted by atomic mass is 10.3. The van der Waals surface area contributed by atoms with Gasteiger partial charge in [-0.05, 0) is 6.92 Å². The lowest BCUT2D eigenvalue weighted by Gasteiger charge is -1.96. The van der Waals surface area contributed by atoms with Crippen molar-refractivity contribution < 1.29 is 4.79 Å². The van der Waals surface area contributed by atoms with Gasteiger partial charge in [0.15, 0.2) is 6.29 Å². The van der Waals surface area contributed by atoms with E-state index in [9.17, 15) is 4.79 Å². The van der Waals surface area contributed by atoms with Crippen LogP contribution >= 0.6 is 11.6 Å². The number of nitriles is 1. The molecule has 0 radical (unpaired) electrons. The molecule has 0 unspecified atom stereocenters. The van der Waals surface area contributed by atoms with Crippen molar-refractivity contribution in [1.82, 2.24) is 9.78 Å². The van der Waals surface area contributed by atoms with Crippen molar-refractivity contribution in [3.63, 3.8) is 0 Å². The smallest absolute Gasteiger partial charge is 0.155 e. The average Bonchev–Trinajstić information content (AvgIpc) is 2.38. The highest BCUT2D eigenvalue weighted by Gasteiger charge is 2.11.